The Morgan fingerprint density at radius 2 is 1.70 bits per heavy atom. The molecule has 1 amide bonds. The maximum atomic E-state index is 13.1. The van der Waals surface area contributed by atoms with Gasteiger partial charge in [0, 0.05) is 30.6 Å². The Balaban J connectivity index is 2.30. The summed E-state index contributed by atoms with van der Waals surface area (Å²) in [5, 5.41) is 13.7. The number of nitrogens with one attached hydrogen (secondary N) is 1. The standard InChI is InChI=1S/C31H51N3O3/c1-9-30(36,10-2)19-22-37-27-17-15-25(23-24(27)6)31(11-3,12-4)28-18-16-26(34(28)13-5)29(35)32-20-14-21-33(7)8/h15-18,23,36H,9-14,19-22H2,1-8H3,(H,32,35). The summed E-state index contributed by atoms with van der Waals surface area (Å²) < 4.78 is 8.28. The van der Waals surface area contributed by atoms with E-state index in [0.717, 1.165) is 62.2 Å². The van der Waals surface area contributed by atoms with Crippen LogP contribution < -0.4 is 10.1 Å². The Morgan fingerprint density at radius 3 is 2.24 bits per heavy atom. The third kappa shape index (κ3) is 7.38. The van der Waals surface area contributed by atoms with E-state index in [4.69, 9.17) is 4.74 Å². The van der Waals surface area contributed by atoms with Crippen molar-refractivity contribution in [2.45, 2.75) is 97.6 Å². The molecule has 0 atom stereocenters. The number of hydrogen-bond acceptors (Lipinski definition) is 4. The first kappa shape index (κ1) is 30.9. The molecule has 2 N–H and O–H groups in total. The van der Waals surface area contributed by atoms with Crippen LogP contribution >= 0.6 is 0 Å². The van der Waals surface area contributed by atoms with Gasteiger partial charge in [0.15, 0.2) is 0 Å². The maximum Gasteiger partial charge on any atom is 0.267 e. The highest BCUT2D eigenvalue weighted by Crippen LogP contribution is 2.41. The third-order valence-electron chi connectivity index (χ3n) is 8.16. The smallest absolute Gasteiger partial charge is 0.267 e. The second kappa shape index (κ2) is 14.0. The van der Waals surface area contributed by atoms with Crippen LogP contribution in [0.3, 0.4) is 0 Å². The highest BCUT2D eigenvalue weighted by molar-refractivity contribution is 5.93. The van der Waals surface area contributed by atoms with Crippen molar-refractivity contribution in [3.63, 3.8) is 0 Å². The first-order valence-electron chi connectivity index (χ1n) is 14.2. The number of amides is 1. The lowest BCUT2D eigenvalue weighted by atomic mass is 9.72. The fourth-order valence-corrected chi connectivity index (χ4v) is 5.34. The van der Waals surface area contributed by atoms with Crippen molar-refractivity contribution in [3.8, 4) is 5.75 Å². The van der Waals surface area contributed by atoms with Crippen LogP contribution in [0.1, 0.15) is 100 Å². The molecular formula is C31H51N3O3. The monoisotopic (exact) mass is 513 g/mol. The summed E-state index contributed by atoms with van der Waals surface area (Å²) in [5.41, 5.74) is 3.38. The van der Waals surface area contributed by atoms with Crippen molar-refractivity contribution in [2.24, 2.45) is 0 Å². The number of carbonyl (C=O) groups excluding carboxylic acids is 1. The zero-order valence-corrected chi connectivity index (χ0v) is 24.6. The van der Waals surface area contributed by atoms with Gasteiger partial charge in [0.2, 0.25) is 0 Å². The van der Waals surface area contributed by atoms with Gasteiger partial charge < -0.3 is 24.6 Å². The summed E-state index contributed by atoms with van der Waals surface area (Å²) in [6, 6.07) is 10.6. The first-order valence-corrected chi connectivity index (χ1v) is 14.2. The van der Waals surface area contributed by atoms with E-state index in [1.54, 1.807) is 0 Å². The Hall–Kier alpha value is -2.31. The van der Waals surface area contributed by atoms with Gasteiger partial charge >= 0.3 is 0 Å². The molecule has 0 saturated heterocycles. The molecule has 0 unspecified atom stereocenters. The van der Waals surface area contributed by atoms with Gasteiger partial charge in [0.1, 0.15) is 11.4 Å². The molecule has 0 aliphatic carbocycles. The van der Waals surface area contributed by atoms with Crippen molar-refractivity contribution in [2.75, 3.05) is 33.8 Å². The van der Waals surface area contributed by atoms with E-state index in [1.807, 2.05) is 34.0 Å². The number of aromatic nitrogens is 1. The molecule has 0 radical (unpaired) electrons. The van der Waals surface area contributed by atoms with E-state index < -0.39 is 5.60 Å². The fraction of sp³-hybridized carbons (Fsp3) is 0.645. The van der Waals surface area contributed by atoms with Gasteiger partial charge in [0.05, 0.1) is 12.2 Å². The molecule has 0 bridgehead atoms. The average Bonchev–Trinajstić information content (AvgIpc) is 3.33. The molecule has 1 aromatic heterocycles. The molecule has 37 heavy (non-hydrogen) atoms. The lowest BCUT2D eigenvalue weighted by Crippen LogP contribution is -2.32. The van der Waals surface area contributed by atoms with Gasteiger partial charge in [-0.25, -0.2) is 0 Å². The SMILES string of the molecule is CCn1c(C(=O)NCCCN(C)C)ccc1C(CC)(CC)c1ccc(OCCC(O)(CC)CC)c(C)c1. The molecule has 1 aromatic carbocycles. The predicted octanol–water partition coefficient (Wildman–Crippen LogP) is 5.92. The molecular weight excluding hydrogens is 462 g/mol. The third-order valence-corrected chi connectivity index (χ3v) is 8.16. The first-order chi connectivity index (χ1) is 17.6. The highest BCUT2D eigenvalue weighted by Gasteiger charge is 2.35. The number of hydrogen-bond donors (Lipinski definition) is 2. The van der Waals surface area contributed by atoms with Crippen LogP contribution in [0.15, 0.2) is 30.3 Å². The van der Waals surface area contributed by atoms with Crippen molar-refractivity contribution >= 4 is 5.91 Å². The Labute approximate surface area is 225 Å². The van der Waals surface area contributed by atoms with E-state index >= 15 is 0 Å². The summed E-state index contributed by atoms with van der Waals surface area (Å²) in [7, 11) is 4.09. The number of benzene rings is 1. The van der Waals surface area contributed by atoms with E-state index in [1.165, 1.54) is 11.3 Å². The Kier molecular flexibility index (Phi) is 11.7. The number of ether oxygens (including phenoxy) is 1. The minimum Gasteiger partial charge on any atom is -0.493 e. The van der Waals surface area contributed by atoms with Crippen LogP contribution in [0.5, 0.6) is 5.75 Å². The molecule has 6 nitrogen and oxygen atoms in total. The molecule has 1 heterocycles. The summed E-state index contributed by atoms with van der Waals surface area (Å²) >= 11 is 0. The summed E-state index contributed by atoms with van der Waals surface area (Å²) in [6.07, 6.45) is 4.87. The largest absolute Gasteiger partial charge is 0.493 e. The van der Waals surface area contributed by atoms with Crippen molar-refractivity contribution in [1.29, 1.82) is 0 Å². The molecule has 0 aliphatic heterocycles. The zero-order valence-electron chi connectivity index (χ0n) is 24.6. The maximum absolute atomic E-state index is 13.1. The predicted molar refractivity (Wildman–Crippen MR) is 154 cm³/mol. The van der Waals surface area contributed by atoms with Gasteiger partial charge in [-0.15, -0.1) is 0 Å². The minimum absolute atomic E-state index is 0.00740. The van der Waals surface area contributed by atoms with E-state index in [0.29, 0.717) is 19.6 Å². The molecule has 6 heteroatoms. The number of aryl methyl sites for hydroxylation is 1. The van der Waals surface area contributed by atoms with E-state index in [9.17, 15) is 9.90 Å². The normalized spacial score (nSPS) is 12.3. The topological polar surface area (TPSA) is 66.7 Å². The molecule has 208 valence electrons. The lowest BCUT2D eigenvalue weighted by Gasteiger charge is -2.34. The molecule has 0 spiro atoms. The van der Waals surface area contributed by atoms with Crippen LogP contribution in [0.2, 0.25) is 0 Å². The van der Waals surface area contributed by atoms with Crippen LogP contribution in [-0.2, 0) is 12.0 Å². The van der Waals surface area contributed by atoms with Crippen LogP contribution in [0.25, 0.3) is 0 Å². The Morgan fingerprint density at radius 1 is 1.03 bits per heavy atom. The van der Waals surface area contributed by atoms with E-state index in [2.05, 4.69) is 66.7 Å². The van der Waals surface area contributed by atoms with Crippen LogP contribution in [0, 0.1) is 6.92 Å². The van der Waals surface area contributed by atoms with Gasteiger partial charge in [-0.2, -0.15) is 0 Å². The van der Waals surface area contributed by atoms with E-state index in [-0.39, 0.29) is 11.3 Å². The van der Waals surface area contributed by atoms with Gasteiger partial charge in [-0.1, -0.05) is 39.8 Å². The van der Waals surface area contributed by atoms with Crippen LogP contribution in [-0.4, -0.2) is 59.9 Å². The lowest BCUT2D eigenvalue weighted by molar-refractivity contribution is 0.0116. The molecule has 2 rings (SSSR count). The highest BCUT2D eigenvalue weighted by atomic mass is 16.5. The molecule has 0 saturated carbocycles. The molecule has 2 aromatic rings. The van der Waals surface area contributed by atoms with Gasteiger partial charge in [-0.05, 0) is 95.9 Å². The van der Waals surface area contributed by atoms with Crippen LogP contribution in [0.4, 0.5) is 0 Å². The quantitative estimate of drug-likeness (QED) is 0.273. The van der Waals surface area contributed by atoms with Crippen molar-refractivity contribution in [3.05, 3.63) is 52.8 Å². The second-order valence-corrected chi connectivity index (χ2v) is 10.6. The summed E-state index contributed by atoms with van der Waals surface area (Å²) in [5.74, 6) is 0.857. The fourth-order valence-electron chi connectivity index (χ4n) is 5.34. The number of carbonyl (C=O) groups is 1. The number of aliphatic hydroxyl groups is 1. The number of nitrogens with zero attached hydrogens (tertiary/aromatic N) is 2. The summed E-state index contributed by atoms with van der Waals surface area (Å²) in [4.78, 5) is 15.2. The zero-order chi connectivity index (χ0) is 27.6. The average molecular weight is 514 g/mol. The minimum atomic E-state index is -0.657. The van der Waals surface area contributed by atoms with Gasteiger partial charge in [0.25, 0.3) is 5.91 Å². The van der Waals surface area contributed by atoms with Crippen molar-refractivity contribution in [1.82, 2.24) is 14.8 Å². The molecule has 0 aliphatic rings. The van der Waals surface area contributed by atoms with Gasteiger partial charge in [-0.3, -0.25) is 4.79 Å². The number of rotatable bonds is 16. The Bertz CT molecular complexity index is 988. The summed E-state index contributed by atoms with van der Waals surface area (Å²) in [6.45, 7) is 15.6. The molecule has 0 fully saturated rings. The second-order valence-electron chi connectivity index (χ2n) is 10.6. The van der Waals surface area contributed by atoms with Crippen molar-refractivity contribution < 1.29 is 14.6 Å².